The Balaban J connectivity index is 1.41. The van der Waals surface area contributed by atoms with Crippen molar-refractivity contribution in [1.82, 2.24) is 10.6 Å². The Morgan fingerprint density at radius 1 is 1.07 bits per heavy atom. The quantitative estimate of drug-likeness (QED) is 0.709. The maximum Gasteiger partial charge on any atom is 0.0130 e. The first-order chi connectivity index (χ1) is 6.95. The van der Waals surface area contributed by atoms with E-state index >= 15 is 0 Å². The highest BCUT2D eigenvalue weighted by molar-refractivity contribution is 5.04. The Hall–Kier alpha value is -0.0800. The molecule has 3 fully saturated rings. The van der Waals surface area contributed by atoms with Gasteiger partial charge in [-0.2, -0.15) is 0 Å². The molecule has 0 spiro atoms. The van der Waals surface area contributed by atoms with Crippen LogP contribution in [0.15, 0.2) is 0 Å². The Morgan fingerprint density at radius 3 is 2.50 bits per heavy atom. The highest BCUT2D eigenvalue weighted by Crippen LogP contribution is 2.49. The fourth-order valence-electron chi connectivity index (χ4n) is 3.49. The molecule has 1 aliphatic heterocycles. The summed E-state index contributed by atoms with van der Waals surface area (Å²) >= 11 is 0. The van der Waals surface area contributed by atoms with Crippen molar-refractivity contribution in [2.75, 3.05) is 19.6 Å². The molecule has 2 nitrogen and oxygen atoms in total. The van der Waals surface area contributed by atoms with Gasteiger partial charge in [0.15, 0.2) is 0 Å². The fourth-order valence-corrected chi connectivity index (χ4v) is 3.49. The van der Waals surface area contributed by atoms with Crippen molar-refractivity contribution in [3.63, 3.8) is 0 Å². The highest BCUT2D eigenvalue weighted by atomic mass is 15.0. The van der Waals surface area contributed by atoms with Crippen LogP contribution in [0, 0.1) is 17.8 Å². The van der Waals surface area contributed by atoms with Gasteiger partial charge >= 0.3 is 0 Å². The van der Waals surface area contributed by atoms with Crippen molar-refractivity contribution >= 4 is 0 Å². The minimum atomic E-state index is 0.914. The maximum atomic E-state index is 3.80. The first-order valence-electron chi connectivity index (χ1n) is 6.39. The molecule has 0 aromatic carbocycles. The Kier molecular flexibility index (Phi) is 2.50. The normalized spacial score (nSPS) is 46.3. The largest absolute Gasteiger partial charge is 0.316 e. The van der Waals surface area contributed by atoms with Crippen molar-refractivity contribution < 1.29 is 0 Å². The van der Waals surface area contributed by atoms with Crippen LogP contribution < -0.4 is 10.6 Å². The van der Waals surface area contributed by atoms with E-state index in [0.717, 1.165) is 23.8 Å². The molecule has 0 radical (unpaired) electrons. The van der Waals surface area contributed by atoms with Gasteiger partial charge in [-0.25, -0.2) is 0 Å². The predicted octanol–water partition coefficient (Wildman–Crippen LogP) is 1.37. The van der Waals surface area contributed by atoms with Gasteiger partial charge in [0.05, 0.1) is 0 Å². The third kappa shape index (κ3) is 1.70. The van der Waals surface area contributed by atoms with Crippen LogP contribution in [0.1, 0.15) is 32.1 Å². The number of fused-ring (bicyclic) bond motifs is 1. The Morgan fingerprint density at radius 2 is 1.86 bits per heavy atom. The van der Waals surface area contributed by atoms with Gasteiger partial charge in [-0.15, -0.1) is 0 Å². The fraction of sp³-hybridized carbons (Fsp3) is 1.00. The molecule has 2 heteroatoms. The van der Waals surface area contributed by atoms with Crippen molar-refractivity contribution in [2.24, 2.45) is 17.8 Å². The van der Waals surface area contributed by atoms with Gasteiger partial charge < -0.3 is 10.6 Å². The molecule has 2 saturated carbocycles. The van der Waals surface area contributed by atoms with E-state index in [1.54, 1.807) is 0 Å². The number of rotatable bonds is 3. The average Bonchev–Trinajstić information content (AvgIpc) is 2.69. The van der Waals surface area contributed by atoms with E-state index in [1.165, 1.54) is 51.7 Å². The molecule has 3 rings (SSSR count). The van der Waals surface area contributed by atoms with Gasteiger partial charge in [0.2, 0.25) is 0 Å². The van der Waals surface area contributed by atoms with Crippen LogP contribution in [0.5, 0.6) is 0 Å². The predicted molar refractivity (Wildman–Crippen MR) is 58.2 cm³/mol. The molecule has 0 aromatic heterocycles. The third-order valence-electron chi connectivity index (χ3n) is 4.46. The van der Waals surface area contributed by atoms with E-state index in [1.807, 2.05) is 0 Å². The van der Waals surface area contributed by atoms with Crippen LogP contribution in [-0.4, -0.2) is 25.7 Å². The minimum Gasteiger partial charge on any atom is -0.316 e. The molecule has 3 atom stereocenters. The molecular formula is C12H22N2. The lowest BCUT2D eigenvalue weighted by Crippen LogP contribution is -2.27. The Labute approximate surface area is 86.8 Å². The zero-order valence-corrected chi connectivity index (χ0v) is 8.97. The van der Waals surface area contributed by atoms with E-state index < -0.39 is 0 Å². The maximum absolute atomic E-state index is 3.80. The highest BCUT2D eigenvalue weighted by Gasteiger charge is 2.50. The monoisotopic (exact) mass is 194 g/mol. The summed E-state index contributed by atoms with van der Waals surface area (Å²) in [6.45, 7) is 3.75. The molecule has 2 N–H and O–H groups in total. The van der Waals surface area contributed by atoms with Gasteiger partial charge in [-0.1, -0.05) is 12.8 Å². The molecule has 14 heavy (non-hydrogen) atoms. The summed E-state index contributed by atoms with van der Waals surface area (Å²) in [7, 11) is 0. The van der Waals surface area contributed by atoms with Gasteiger partial charge in [0.25, 0.3) is 0 Å². The van der Waals surface area contributed by atoms with E-state index in [-0.39, 0.29) is 0 Å². The summed E-state index contributed by atoms with van der Waals surface area (Å²) in [5.74, 6) is 3.05. The molecule has 2 aliphatic carbocycles. The zero-order chi connectivity index (χ0) is 9.38. The molecule has 0 amide bonds. The Bertz CT molecular complexity index is 186. The third-order valence-corrected chi connectivity index (χ3v) is 4.46. The zero-order valence-electron chi connectivity index (χ0n) is 8.97. The standard InChI is InChI=1S/C12H22N2/c1-2-4-11-10(3-1)12(11)14-8-9-5-6-13-7-9/h9-14H,1-8H2/t9-,10?,11?,12?/m0/s1. The van der Waals surface area contributed by atoms with Crippen LogP contribution in [-0.2, 0) is 0 Å². The molecule has 0 bridgehead atoms. The van der Waals surface area contributed by atoms with E-state index in [9.17, 15) is 0 Å². The first-order valence-corrected chi connectivity index (χ1v) is 6.39. The molecular weight excluding hydrogens is 172 g/mol. The van der Waals surface area contributed by atoms with Crippen LogP contribution in [0.25, 0.3) is 0 Å². The van der Waals surface area contributed by atoms with Crippen LogP contribution in [0.2, 0.25) is 0 Å². The number of hydrogen-bond acceptors (Lipinski definition) is 2. The van der Waals surface area contributed by atoms with Crippen molar-refractivity contribution in [2.45, 2.75) is 38.1 Å². The smallest absolute Gasteiger partial charge is 0.0130 e. The lowest BCUT2D eigenvalue weighted by molar-refractivity contribution is 0.480. The van der Waals surface area contributed by atoms with Crippen LogP contribution in [0.3, 0.4) is 0 Å². The molecule has 1 heterocycles. The van der Waals surface area contributed by atoms with Gasteiger partial charge in [0, 0.05) is 6.04 Å². The molecule has 1 saturated heterocycles. The number of hydrogen-bond donors (Lipinski definition) is 2. The second-order valence-electron chi connectivity index (χ2n) is 5.41. The summed E-state index contributed by atoms with van der Waals surface area (Å²) in [5, 5.41) is 7.24. The SMILES string of the molecule is C1CCC2C(C1)C2NC[C@H]1CCNC1. The van der Waals surface area contributed by atoms with Gasteiger partial charge in [-0.05, 0) is 56.7 Å². The number of nitrogens with one attached hydrogen (secondary N) is 2. The lowest BCUT2D eigenvalue weighted by atomic mass is 10.0. The van der Waals surface area contributed by atoms with Crippen LogP contribution >= 0.6 is 0 Å². The second kappa shape index (κ2) is 3.82. The van der Waals surface area contributed by atoms with Gasteiger partial charge in [-0.3, -0.25) is 0 Å². The molecule has 2 unspecified atom stereocenters. The summed E-state index contributed by atoms with van der Waals surface area (Å²) in [6.07, 6.45) is 7.38. The summed E-state index contributed by atoms with van der Waals surface area (Å²) in [5.41, 5.74) is 0. The summed E-state index contributed by atoms with van der Waals surface area (Å²) < 4.78 is 0. The minimum absolute atomic E-state index is 0.914. The van der Waals surface area contributed by atoms with Gasteiger partial charge in [0.1, 0.15) is 0 Å². The van der Waals surface area contributed by atoms with Crippen molar-refractivity contribution in [3.8, 4) is 0 Å². The van der Waals surface area contributed by atoms with Crippen LogP contribution in [0.4, 0.5) is 0 Å². The van der Waals surface area contributed by atoms with E-state index in [4.69, 9.17) is 0 Å². The molecule has 0 aromatic rings. The molecule has 80 valence electrons. The van der Waals surface area contributed by atoms with E-state index in [0.29, 0.717) is 0 Å². The van der Waals surface area contributed by atoms with Crippen molar-refractivity contribution in [3.05, 3.63) is 0 Å². The topological polar surface area (TPSA) is 24.1 Å². The summed E-state index contributed by atoms with van der Waals surface area (Å²) in [4.78, 5) is 0. The molecule has 3 aliphatic rings. The lowest BCUT2D eigenvalue weighted by Gasteiger charge is -2.09. The summed E-state index contributed by atoms with van der Waals surface area (Å²) in [6, 6.07) is 0.915. The average molecular weight is 194 g/mol. The first kappa shape index (κ1) is 9.17. The second-order valence-corrected chi connectivity index (χ2v) is 5.41. The van der Waals surface area contributed by atoms with E-state index in [2.05, 4.69) is 10.6 Å². The van der Waals surface area contributed by atoms with Crippen molar-refractivity contribution in [1.29, 1.82) is 0 Å².